The Morgan fingerprint density at radius 3 is 2.94 bits per heavy atom. The molecule has 0 aromatic rings. The van der Waals surface area contributed by atoms with E-state index in [0.717, 1.165) is 0 Å². The van der Waals surface area contributed by atoms with Gasteiger partial charge in [0.15, 0.2) is 0 Å². The fourth-order valence-electron chi connectivity index (χ4n) is 1.81. The number of methoxy groups -OCH3 is 1. The molecular formula is C8H11BrN2O4S. The van der Waals surface area contributed by atoms with E-state index >= 15 is 0 Å². The van der Waals surface area contributed by atoms with Gasteiger partial charge in [0.25, 0.3) is 5.91 Å². The molecule has 2 heterocycles. The SMILES string of the molecule is COC1(N)C(=O)N2CC(Br)(C(=O)O)CS[C@@H]21. The minimum atomic E-state index is -1.29. The number of thioether (sulfide) groups is 1. The number of aliphatic carboxylic acids is 1. The molecule has 1 amide bonds. The topological polar surface area (TPSA) is 92.9 Å². The Morgan fingerprint density at radius 2 is 2.44 bits per heavy atom. The van der Waals surface area contributed by atoms with Gasteiger partial charge in [0, 0.05) is 19.4 Å². The van der Waals surface area contributed by atoms with Gasteiger partial charge in [0.2, 0.25) is 5.72 Å². The first kappa shape index (κ1) is 12.2. The molecule has 6 nitrogen and oxygen atoms in total. The molecule has 2 fully saturated rings. The van der Waals surface area contributed by atoms with E-state index < -0.39 is 16.0 Å². The van der Waals surface area contributed by atoms with Crippen LogP contribution in [0.15, 0.2) is 0 Å². The molecule has 0 bridgehead atoms. The van der Waals surface area contributed by atoms with Gasteiger partial charge in [0.1, 0.15) is 9.70 Å². The van der Waals surface area contributed by atoms with E-state index in [-0.39, 0.29) is 17.8 Å². The van der Waals surface area contributed by atoms with E-state index in [9.17, 15) is 9.59 Å². The van der Waals surface area contributed by atoms with Crippen molar-refractivity contribution < 1.29 is 19.4 Å². The zero-order valence-corrected chi connectivity index (χ0v) is 10.9. The number of amides is 1. The number of hydrogen-bond donors (Lipinski definition) is 2. The largest absolute Gasteiger partial charge is 0.480 e. The van der Waals surface area contributed by atoms with Crippen LogP contribution in [0.1, 0.15) is 0 Å². The number of β-lactam (4-membered cyclic amide) rings is 1. The predicted octanol–water partition coefficient (Wildman–Crippen LogP) is -0.579. The van der Waals surface area contributed by atoms with Crippen molar-refractivity contribution in [3.63, 3.8) is 0 Å². The van der Waals surface area contributed by atoms with Gasteiger partial charge in [-0.05, 0) is 0 Å². The molecule has 16 heavy (non-hydrogen) atoms. The van der Waals surface area contributed by atoms with E-state index in [0.29, 0.717) is 5.75 Å². The number of hydrogen-bond acceptors (Lipinski definition) is 5. The van der Waals surface area contributed by atoms with E-state index in [1.54, 1.807) is 0 Å². The summed E-state index contributed by atoms with van der Waals surface area (Å²) >= 11 is 4.46. The van der Waals surface area contributed by atoms with Gasteiger partial charge < -0.3 is 14.7 Å². The molecular weight excluding hydrogens is 300 g/mol. The molecule has 2 rings (SSSR count). The molecule has 90 valence electrons. The van der Waals surface area contributed by atoms with Crippen LogP contribution in [-0.2, 0) is 14.3 Å². The number of carboxylic acids is 1. The fraction of sp³-hybridized carbons (Fsp3) is 0.750. The standard InChI is InChI=1S/C8H11BrN2O4S/c1-15-8(10)4(12)11-2-7(9,6(13)14)3-16-5(8)11/h5H,2-3,10H2,1H3,(H,13,14)/t5-,7?,8?/m1/s1. The highest BCUT2D eigenvalue weighted by Crippen LogP contribution is 2.45. The summed E-state index contributed by atoms with van der Waals surface area (Å²) in [5, 5.41) is 8.74. The van der Waals surface area contributed by atoms with Crippen LogP contribution in [0.4, 0.5) is 0 Å². The number of nitrogens with two attached hydrogens (primary N) is 1. The zero-order valence-electron chi connectivity index (χ0n) is 8.47. The second-order valence-electron chi connectivity index (χ2n) is 3.86. The third-order valence-corrected chi connectivity index (χ3v) is 5.68. The minimum absolute atomic E-state index is 0.112. The maximum absolute atomic E-state index is 11.7. The summed E-state index contributed by atoms with van der Waals surface area (Å²) in [5.41, 5.74) is 4.47. The van der Waals surface area contributed by atoms with E-state index in [2.05, 4.69) is 15.9 Å². The van der Waals surface area contributed by atoms with Crippen molar-refractivity contribution in [3.05, 3.63) is 0 Å². The van der Waals surface area contributed by atoms with Gasteiger partial charge in [-0.3, -0.25) is 15.3 Å². The Morgan fingerprint density at radius 1 is 1.81 bits per heavy atom. The van der Waals surface area contributed by atoms with Crippen LogP contribution in [0.3, 0.4) is 0 Å². The lowest BCUT2D eigenvalue weighted by atomic mass is 9.99. The number of rotatable bonds is 2. The predicted molar refractivity (Wildman–Crippen MR) is 61.2 cm³/mol. The number of carboxylic acid groups (broad SMARTS) is 1. The Labute approximate surface area is 105 Å². The van der Waals surface area contributed by atoms with Crippen LogP contribution in [0, 0.1) is 0 Å². The monoisotopic (exact) mass is 310 g/mol. The van der Waals surface area contributed by atoms with Crippen LogP contribution in [0.5, 0.6) is 0 Å². The second-order valence-corrected chi connectivity index (χ2v) is 6.45. The van der Waals surface area contributed by atoms with Crippen molar-refractivity contribution in [1.29, 1.82) is 0 Å². The molecule has 3 atom stereocenters. The van der Waals surface area contributed by atoms with Crippen molar-refractivity contribution in [2.24, 2.45) is 5.73 Å². The number of halogens is 1. The van der Waals surface area contributed by atoms with Crippen molar-refractivity contribution in [3.8, 4) is 0 Å². The van der Waals surface area contributed by atoms with Gasteiger partial charge in [-0.2, -0.15) is 0 Å². The lowest BCUT2D eigenvalue weighted by Gasteiger charge is -2.56. The lowest BCUT2D eigenvalue weighted by Crippen LogP contribution is -2.81. The van der Waals surface area contributed by atoms with Gasteiger partial charge in [-0.25, -0.2) is 0 Å². The summed E-state index contributed by atoms with van der Waals surface area (Å²) in [6.07, 6.45) is 0. The van der Waals surface area contributed by atoms with Crippen molar-refractivity contribution in [1.82, 2.24) is 4.90 Å². The van der Waals surface area contributed by atoms with Crippen molar-refractivity contribution in [2.45, 2.75) is 15.4 Å². The second kappa shape index (κ2) is 3.59. The van der Waals surface area contributed by atoms with Crippen LogP contribution in [0.25, 0.3) is 0 Å². The molecule has 2 unspecified atom stereocenters. The average molecular weight is 311 g/mol. The molecule has 2 aliphatic rings. The molecule has 0 aromatic carbocycles. The molecule has 0 saturated carbocycles. The number of ether oxygens (including phenoxy) is 1. The summed E-state index contributed by atoms with van der Waals surface area (Å²) in [7, 11) is 1.38. The first-order valence-electron chi connectivity index (χ1n) is 4.54. The molecule has 0 aromatic heterocycles. The highest BCUT2D eigenvalue weighted by atomic mass is 79.9. The third-order valence-electron chi connectivity index (χ3n) is 2.86. The number of fused-ring (bicyclic) bond motifs is 1. The zero-order chi connectivity index (χ0) is 12.1. The highest BCUT2D eigenvalue weighted by Gasteiger charge is 2.64. The van der Waals surface area contributed by atoms with Crippen LogP contribution >= 0.6 is 27.7 Å². The van der Waals surface area contributed by atoms with Crippen molar-refractivity contribution >= 4 is 39.6 Å². The summed E-state index contributed by atoms with van der Waals surface area (Å²) in [4.78, 5) is 24.2. The normalized spacial score (nSPS) is 42.6. The Kier molecular flexibility index (Phi) is 2.73. The Bertz CT molecular complexity index is 368. The van der Waals surface area contributed by atoms with Crippen LogP contribution in [-0.4, -0.2) is 56.7 Å². The summed E-state index contributed by atoms with van der Waals surface area (Å²) in [5.74, 6) is -0.991. The maximum Gasteiger partial charge on any atom is 0.323 e. The van der Waals surface area contributed by atoms with Crippen molar-refractivity contribution in [2.75, 3.05) is 19.4 Å². The Balaban J connectivity index is 2.17. The molecule has 8 heteroatoms. The van der Waals surface area contributed by atoms with Gasteiger partial charge in [0.05, 0.1) is 0 Å². The summed E-state index contributed by atoms with van der Waals surface area (Å²) in [6.45, 7) is 0.112. The molecule has 2 saturated heterocycles. The molecule has 0 spiro atoms. The molecule has 2 aliphatic heterocycles. The van der Waals surface area contributed by atoms with E-state index in [1.165, 1.54) is 23.8 Å². The minimum Gasteiger partial charge on any atom is -0.480 e. The third kappa shape index (κ3) is 1.40. The first-order chi connectivity index (χ1) is 7.35. The molecule has 0 aliphatic carbocycles. The maximum atomic E-state index is 11.7. The number of nitrogens with zero attached hydrogens (tertiary/aromatic N) is 1. The van der Waals surface area contributed by atoms with Crippen LogP contribution < -0.4 is 5.73 Å². The molecule has 3 N–H and O–H groups in total. The number of alkyl halides is 1. The quantitative estimate of drug-likeness (QED) is 0.403. The first-order valence-corrected chi connectivity index (χ1v) is 6.38. The molecule has 0 radical (unpaired) electrons. The highest BCUT2D eigenvalue weighted by molar-refractivity contribution is 9.10. The van der Waals surface area contributed by atoms with E-state index in [1.807, 2.05) is 0 Å². The average Bonchev–Trinajstić information content (AvgIpc) is 2.27. The smallest absolute Gasteiger partial charge is 0.323 e. The fourth-order valence-corrected chi connectivity index (χ4v) is 3.91. The summed E-state index contributed by atoms with van der Waals surface area (Å²) < 4.78 is 3.90. The summed E-state index contributed by atoms with van der Waals surface area (Å²) in [6, 6.07) is 0. The van der Waals surface area contributed by atoms with Gasteiger partial charge in [-0.15, -0.1) is 11.8 Å². The Hall–Kier alpha value is -0.310. The number of carbonyl (C=O) groups is 2. The lowest BCUT2D eigenvalue weighted by molar-refractivity contribution is -0.187. The van der Waals surface area contributed by atoms with Crippen LogP contribution in [0.2, 0.25) is 0 Å². The van der Waals surface area contributed by atoms with E-state index in [4.69, 9.17) is 15.6 Å². The number of carbonyl (C=O) groups excluding carboxylic acids is 1. The van der Waals surface area contributed by atoms with Gasteiger partial charge >= 0.3 is 5.97 Å². The van der Waals surface area contributed by atoms with Gasteiger partial charge in [-0.1, -0.05) is 15.9 Å².